The third-order valence-corrected chi connectivity index (χ3v) is 7.07. The van der Waals surface area contributed by atoms with Gasteiger partial charge >= 0.3 is 5.97 Å². The molecule has 0 saturated carbocycles. The summed E-state index contributed by atoms with van der Waals surface area (Å²) in [4.78, 5) is 29.0. The zero-order chi connectivity index (χ0) is 18.4. The smallest absolute Gasteiger partial charge is 0.333 e. The first-order valence-corrected chi connectivity index (χ1v) is 10.0. The van der Waals surface area contributed by atoms with E-state index < -0.39 is 0 Å². The van der Waals surface area contributed by atoms with Gasteiger partial charge < -0.3 is 14.7 Å². The first-order valence-electron chi connectivity index (χ1n) is 10.0. The molecule has 4 aliphatic heterocycles. The van der Waals surface area contributed by atoms with E-state index in [9.17, 15) is 14.7 Å². The lowest BCUT2D eigenvalue weighted by Crippen LogP contribution is -2.70. The van der Waals surface area contributed by atoms with Crippen LogP contribution in [0.4, 0.5) is 0 Å². The summed E-state index contributed by atoms with van der Waals surface area (Å²) in [6.45, 7) is 6.01. The lowest BCUT2D eigenvalue weighted by molar-refractivity contribution is -0.176. The van der Waals surface area contributed by atoms with Gasteiger partial charge in [-0.15, -0.1) is 0 Å². The zero-order valence-electron chi connectivity index (χ0n) is 15.8. The van der Waals surface area contributed by atoms with Crippen LogP contribution >= 0.6 is 0 Å². The van der Waals surface area contributed by atoms with Gasteiger partial charge in [-0.3, -0.25) is 9.69 Å². The molecule has 4 fully saturated rings. The highest BCUT2D eigenvalue weighted by molar-refractivity contribution is 5.87. The van der Waals surface area contributed by atoms with Crippen LogP contribution in [0, 0.1) is 11.8 Å². The number of allylic oxidation sites excluding steroid dienone is 1. The number of amides is 1. The molecule has 6 atom stereocenters. The van der Waals surface area contributed by atoms with E-state index in [4.69, 9.17) is 4.74 Å². The Labute approximate surface area is 155 Å². The fraction of sp³-hybridized carbons (Fsp3) is 0.800. The number of ether oxygens (including phenoxy) is 1. The summed E-state index contributed by atoms with van der Waals surface area (Å²) in [6, 6.07) is 0.394. The molecule has 6 heteroatoms. The molecular formula is C20H30N2O4. The second-order valence-corrected chi connectivity index (χ2v) is 8.41. The SMILES string of the molecule is CC=C(C)C(=O)OC1CCN2CC3C(O)C(CN4C(=O)CCCC34)C2C1. The first-order chi connectivity index (χ1) is 12.5. The number of hydrogen-bond donors (Lipinski definition) is 1. The van der Waals surface area contributed by atoms with Gasteiger partial charge in [-0.05, 0) is 33.1 Å². The van der Waals surface area contributed by atoms with Crippen molar-refractivity contribution in [3.05, 3.63) is 11.6 Å². The summed E-state index contributed by atoms with van der Waals surface area (Å²) >= 11 is 0. The molecule has 0 spiro atoms. The van der Waals surface area contributed by atoms with Crippen molar-refractivity contribution < 1.29 is 19.4 Å². The van der Waals surface area contributed by atoms with Crippen LogP contribution in [0.5, 0.6) is 0 Å². The molecule has 4 heterocycles. The molecule has 26 heavy (non-hydrogen) atoms. The minimum atomic E-state index is -0.352. The number of nitrogens with zero attached hydrogens (tertiary/aromatic N) is 2. The molecule has 0 aliphatic carbocycles. The molecule has 0 aromatic heterocycles. The largest absolute Gasteiger partial charge is 0.459 e. The Morgan fingerprint density at radius 3 is 2.77 bits per heavy atom. The van der Waals surface area contributed by atoms with Crippen molar-refractivity contribution >= 4 is 11.9 Å². The van der Waals surface area contributed by atoms with Gasteiger partial charge in [-0.1, -0.05) is 6.08 Å². The highest BCUT2D eigenvalue weighted by Gasteiger charge is 2.54. The van der Waals surface area contributed by atoms with Crippen molar-refractivity contribution in [3.8, 4) is 0 Å². The molecule has 0 radical (unpaired) electrons. The maximum Gasteiger partial charge on any atom is 0.333 e. The average Bonchev–Trinajstić information content (AvgIpc) is 2.63. The van der Waals surface area contributed by atoms with Gasteiger partial charge in [0.05, 0.1) is 6.10 Å². The molecule has 4 rings (SSSR count). The highest BCUT2D eigenvalue weighted by atomic mass is 16.5. The van der Waals surface area contributed by atoms with E-state index in [1.54, 1.807) is 13.0 Å². The summed E-state index contributed by atoms with van der Waals surface area (Å²) in [6.07, 6.45) is 5.53. The van der Waals surface area contributed by atoms with E-state index in [2.05, 4.69) is 4.90 Å². The molecule has 0 aromatic rings. The fourth-order valence-electron chi connectivity index (χ4n) is 5.51. The van der Waals surface area contributed by atoms with Gasteiger partial charge in [0, 0.05) is 62.0 Å². The van der Waals surface area contributed by atoms with Gasteiger partial charge in [0.25, 0.3) is 0 Å². The van der Waals surface area contributed by atoms with Crippen molar-refractivity contribution in [2.75, 3.05) is 19.6 Å². The Balaban J connectivity index is 1.49. The van der Waals surface area contributed by atoms with Crippen LogP contribution in [0.2, 0.25) is 0 Å². The third-order valence-electron chi connectivity index (χ3n) is 7.07. The summed E-state index contributed by atoms with van der Waals surface area (Å²) in [5.74, 6) is 0.240. The molecule has 2 bridgehead atoms. The Kier molecular flexibility index (Phi) is 4.82. The maximum atomic E-state index is 12.4. The number of rotatable bonds is 2. The zero-order valence-corrected chi connectivity index (χ0v) is 15.8. The van der Waals surface area contributed by atoms with Crippen LogP contribution in [-0.2, 0) is 14.3 Å². The normalized spacial score (nSPS) is 40.7. The van der Waals surface area contributed by atoms with Crippen LogP contribution in [-0.4, -0.2) is 70.7 Å². The van der Waals surface area contributed by atoms with E-state index in [-0.39, 0.29) is 48.0 Å². The number of hydrogen-bond acceptors (Lipinski definition) is 5. The molecule has 6 nitrogen and oxygen atoms in total. The minimum absolute atomic E-state index is 0.0661. The van der Waals surface area contributed by atoms with E-state index in [0.29, 0.717) is 18.5 Å². The van der Waals surface area contributed by atoms with Crippen molar-refractivity contribution in [3.63, 3.8) is 0 Å². The first kappa shape index (κ1) is 18.0. The Morgan fingerprint density at radius 2 is 2.00 bits per heavy atom. The monoisotopic (exact) mass is 362 g/mol. The number of piperidine rings is 4. The number of aliphatic hydroxyl groups excluding tert-OH is 1. The Hall–Kier alpha value is -1.40. The Bertz CT molecular complexity index is 619. The van der Waals surface area contributed by atoms with E-state index in [0.717, 1.165) is 38.8 Å². The van der Waals surface area contributed by atoms with Crippen molar-refractivity contribution in [2.24, 2.45) is 11.8 Å². The standard InChI is InChI=1S/C20H30N2O4/c1-3-12(2)20(25)26-13-7-8-21-10-14-16-5-4-6-18(23)22(16)11-15(19(14)24)17(21)9-13/h3,13-17,19,24H,4-11H2,1-2H3. The van der Waals surface area contributed by atoms with Gasteiger partial charge in [-0.25, -0.2) is 4.79 Å². The average molecular weight is 362 g/mol. The van der Waals surface area contributed by atoms with Crippen LogP contribution in [0.15, 0.2) is 11.6 Å². The quantitative estimate of drug-likeness (QED) is 0.593. The highest BCUT2D eigenvalue weighted by Crippen LogP contribution is 2.43. The summed E-state index contributed by atoms with van der Waals surface area (Å²) in [7, 11) is 0. The predicted molar refractivity (Wildman–Crippen MR) is 96.2 cm³/mol. The molecule has 4 aliphatic rings. The second kappa shape index (κ2) is 6.97. The lowest BCUT2D eigenvalue weighted by atomic mass is 9.68. The van der Waals surface area contributed by atoms with Gasteiger partial charge in [0.1, 0.15) is 6.10 Å². The van der Waals surface area contributed by atoms with Crippen LogP contribution in [0.1, 0.15) is 46.0 Å². The molecule has 4 saturated heterocycles. The Morgan fingerprint density at radius 1 is 1.23 bits per heavy atom. The van der Waals surface area contributed by atoms with Crippen LogP contribution < -0.4 is 0 Å². The van der Waals surface area contributed by atoms with E-state index in [1.165, 1.54) is 0 Å². The van der Waals surface area contributed by atoms with Crippen LogP contribution in [0.25, 0.3) is 0 Å². The fourth-order valence-corrected chi connectivity index (χ4v) is 5.51. The van der Waals surface area contributed by atoms with Crippen molar-refractivity contribution in [1.82, 2.24) is 9.80 Å². The second-order valence-electron chi connectivity index (χ2n) is 8.41. The molecule has 0 aromatic carbocycles. The van der Waals surface area contributed by atoms with Crippen molar-refractivity contribution in [2.45, 2.75) is 70.2 Å². The predicted octanol–water partition coefficient (Wildman–Crippen LogP) is 1.33. The molecule has 144 valence electrons. The third kappa shape index (κ3) is 2.97. The lowest BCUT2D eigenvalue weighted by Gasteiger charge is -2.59. The van der Waals surface area contributed by atoms with Gasteiger partial charge in [-0.2, -0.15) is 0 Å². The topological polar surface area (TPSA) is 70.1 Å². The summed E-state index contributed by atoms with van der Waals surface area (Å²) in [5, 5.41) is 11.0. The van der Waals surface area contributed by atoms with Crippen LogP contribution in [0.3, 0.4) is 0 Å². The molecule has 6 unspecified atom stereocenters. The summed E-state index contributed by atoms with van der Waals surface area (Å²) in [5.41, 5.74) is 0.635. The number of esters is 1. The molecule has 1 N–H and O–H groups in total. The number of carbonyl (C=O) groups excluding carboxylic acids is 2. The molecular weight excluding hydrogens is 332 g/mol. The number of carbonyl (C=O) groups is 2. The van der Waals surface area contributed by atoms with Gasteiger partial charge in [0.2, 0.25) is 5.91 Å². The number of fused-ring (bicyclic) bond motifs is 6. The maximum absolute atomic E-state index is 12.4. The van der Waals surface area contributed by atoms with Crippen molar-refractivity contribution in [1.29, 1.82) is 0 Å². The summed E-state index contributed by atoms with van der Waals surface area (Å²) < 4.78 is 5.70. The minimum Gasteiger partial charge on any atom is -0.459 e. The van der Waals surface area contributed by atoms with E-state index >= 15 is 0 Å². The number of aliphatic hydroxyl groups is 1. The molecule has 1 amide bonds. The van der Waals surface area contributed by atoms with E-state index in [1.807, 2.05) is 11.8 Å². The van der Waals surface area contributed by atoms with Gasteiger partial charge in [0.15, 0.2) is 0 Å².